The molecule has 0 saturated heterocycles. The summed E-state index contributed by atoms with van der Waals surface area (Å²) in [6.45, 7) is 4.57. The summed E-state index contributed by atoms with van der Waals surface area (Å²) in [5, 5.41) is 7.95. The van der Waals surface area contributed by atoms with E-state index in [9.17, 15) is 0 Å². The quantitative estimate of drug-likeness (QED) is 0.126. The van der Waals surface area contributed by atoms with Gasteiger partial charge in [0.05, 0.1) is 22.1 Å². The molecule has 0 saturated carbocycles. The lowest BCUT2D eigenvalue weighted by Crippen LogP contribution is -1.91. The standard InChI is InChI=1S/C38H40N2S2/c1-3-5-7-9-15-27-21-23-37(41-27)39-33-19-13-11-17-29(33)31-26-36-32(25-35(31)39)30-18-12-14-20-34(30)40(36)38-24-22-28(42-38)16-10-8-6-4-2/h11-14,17-26H,3-10,15-16H2,1-2H3. The molecule has 0 bridgehead atoms. The van der Waals surface area contributed by atoms with E-state index in [1.165, 1.54) is 128 Å². The maximum Gasteiger partial charge on any atom is 0.100 e. The van der Waals surface area contributed by atoms with Crippen molar-refractivity contribution in [2.24, 2.45) is 0 Å². The van der Waals surface area contributed by atoms with Gasteiger partial charge in [0.25, 0.3) is 0 Å². The van der Waals surface area contributed by atoms with Crippen LogP contribution < -0.4 is 0 Å². The van der Waals surface area contributed by atoms with Crippen molar-refractivity contribution in [3.8, 4) is 10.0 Å². The van der Waals surface area contributed by atoms with Gasteiger partial charge in [-0.1, -0.05) is 88.8 Å². The zero-order valence-corrected chi connectivity index (χ0v) is 26.5. The van der Waals surface area contributed by atoms with Gasteiger partial charge in [0, 0.05) is 31.3 Å². The van der Waals surface area contributed by atoms with Gasteiger partial charge >= 0.3 is 0 Å². The molecule has 214 valence electrons. The van der Waals surface area contributed by atoms with Crippen LogP contribution in [0.4, 0.5) is 0 Å². The Bertz CT molecular complexity index is 1830. The van der Waals surface area contributed by atoms with Gasteiger partial charge in [-0.05, 0) is 74.2 Å². The van der Waals surface area contributed by atoms with Crippen molar-refractivity contribution in [2.75, 3.05) is 0 Å². The van der Waals surface area contributed by atoms with Crippen LogP contribution in [0.2, 0.25) is 0 Å². The van der Waals surface area contributed by atoms with Crippen LogP contribution in [-0.4, -0.2) is 9.13 Å². The smallest absolute Gasteiger partial charge is 0.100 e. The Kier molecular flexibility index (Phi) is 7.92. The summed E-state index contributed by atoms with van der Waals surface area (Å²) >= 11 is 3.92. The highest BCUT2D eigenvalue weighted by molar-refractivity contribution is 7.14. The summed E-state index contributed by atoms with van der Waals surface area (Å²) in [6, 6.07) is 32.2. The summed E-state index contributed by atoms with van der Waals surface area (Å²) in [4.78, 5) is 2.99. The third kappa shape index (κ3) is 4.99. The van der Waals surface area contributed by atoms with Gasteiger partial charge in [0.1, 0.15) is 10.0 Å². The highest BCUT2D eigenvalue weighted by Crippen LogP contribution is 2.41. The van der Waals surface area contributed by atoms with Gasteiger partial charge in [-0.15, -0.1) is 22.7 Å². The molecule has 0 amide bonds. The van der Waals surface area contributed by atoms with E-state index in [-0.39, 0.29) is 0 Å². The molecule has 0 radical (unpaired) electrons. The fourth-order valence-corrected chi connectivity index (χ4v) is 8.75. The molecule has 3 aromatic carbocycles. The first kappa shape index (κ1) is 27.5. The molecule has 0 unspecified atom stereocenters. The van der Waals surface area contributed by atoms with E-state index in [4.69, 9.17) is 0 Å². The van der Waals surface area contributed by atoms with Crippen molar-refractivity contribution >= 4 is 66.3 Å². The normalized spacial score (nSPS) is 12.0. The van der Waals surface area contributed by atoms with Crippen LogP contribution in [0.5, 0.6) is 0 Å². The van der Waals surface area contributed by atoms with Gasteiger partial charge in [-0.3, -0.25) is 0 Å². The SMILES string of the molecule is CCCCCCc1ccc(-n2c3ccccc3c3cc4c(cc32)c2ccccc2n4-c2ccc(CCCCCC)s2)s1. The molecular weight excluding hydrogens is 549 g/mol. The lowest BCUT2D eigenvalue weighted by atomic mass is 10.1. The molecule has 42 heavy (non-hydrogen) atoms. The fourth-order valence-electron chi connectivity index (χ4n) is 6.60. The summed E-state index contributed by atoms with van der Waals surface area (Å²) in [6.07, 6.45) is 12.8. The van der Waals surface area contributed by atoms with Gasteiger partial charge < -0.3 is 9.13 Å². The number of aryl methyl sites for hydroxylation is 2. The Morgan fingerprint density at radius 3 is 1.36 bits per heavy atom. The van der Waals surface area contributed by atoms with Gasteiger partial charge in [0.2, 0.25) is 0 Å². The number of fused-ring (bicyclic) bond motifs is 6. The molecule has 0 aliphatic rings. The summed E-state index contributed by atoms with van der Waals surface area (Å²) in [7, 11) is 0. The minimum atomic E-state index is 1.18. The van der Waals surface area contributed by atoms with E-state index in [1.807, 2.05) is 22.7 Å². The van der Waals surface area contributed by atoms with Crippen LogP contribution in [0.3, 0.4) is 0 Å². The average molecular weight is 589 g/mol. The van der Waals surface area contributed by atoms with E-state index < -0.39 is 0 Å². The zero-order valence-electron chi connectivity index (χ0n) is 24.9. The van der Waals surface area contributed by atoms with Crippen molar-refractivity contribution in [2.45, 2.75) is 78.1 Å². The number of nitrogens with zero attached hydrogens (tertiary/aromatic N) is 2. The van der Waals surface area contributed by atoms with Crippen molar-refractivity contribution in [3.05, 3.63) is 94.7 Å². The molecule has 4 heteroatoms. The average Bonchev–Trinajstić information content (AvgIpc) is 3.80. The number of benzene rings is 3. The number of rotatable bonds is 12. The third-order valence-corrected chi connectivity index (χ3v) is 11.0. The molecule has 7 aromatic rings. The zero-order chi connectivity index (χ0) is 28.5. The topological polar surface area (TPSA) is 9.86 Å². The van der Waals surface area contributed by atoms with Crippen LogP contribution >= 0.6 is 22.7 Å². The molecule has 4 aromatic heterocycles. The summed E-state index contributed by atoms with van der Waals surface area (Å²) in [5.74, 6) is 0. The van der Waals surface area contributed by atoms with Crippen LogP contribution in [0.15, 0.2) is 84.9 Å². The van der Waals surface area contributed by atoms with Crippen LogP contribution in [0.1, 0.15) is 75.0 Å². The molecule has 0 fully saturated rings. The number of thiophene rings is 2. The van der Waals surface area contributed by atoms with Crippen LogP contribution in [0.25, 0.3) is 53.6 Å². The van der Waals surface area contributed by atoms with E-state index in [0.29, 0.717) is 0 Å². The second-order valence-electron chi connectivity index (χ2n) is 11.7. The number of hydrogen-bond donors (Lipinski definition) is 0. The molecular formula is C38H40N2S2. The monoisotopic (exact) mass is 588 g/mol. The predicted octanol–water partition coefficient (Wildman–Crippen LogP) is 12.2. The molecule has 0 atom stereocenters. The van der Waals surface area contributed by atoms with Crippen LogP contribution in [-0.2, 0) is 12.8 Å². The van der Waals surface area contributed by atoms with Crippen molar-refractivity contribution < 1.29 is 0 Å². The number of aromatic nitrogens is 2. The number of unbranched alkanes of at least 4 members (excludes halogenated alkanes) is 6. The maximum atomic E-state index is 2.51. The minimum absolute atomic E-state index is 1.18. The van der Waals surface area contributed by atoms with Crippen molar-refractivity contribution in [1.29, 1.82) is 0 Å². The van der Waals surface area contributed by atoms with Crippen molar-refractivity contribution in [3.63, 3.8) is 0 Å². The molecule has 0 aliphatic carbocycles. The van der Waals surface area contributed by atoms with Crippen LogP contribution in [0, 0.1) is 0 Å². The Morgan fingerprint density at radius 2 is 0.905 bits per heavy atom. The Hall–Kier alpha value is -3.34. The first-order valence-electron chi connectivity index (χ1n) is 15.9. The first-order valence-corrected chi connectivity index (χ1v) is 17.5. The van der Waals surface area contributed by atoms with E-state index in [2.05, 4.69) is 108 Å². The Balaban J connectivity index is 1.37. The highest BCUT2D eigenvalue weighted by atomic mass is 32.1. The minimum Gasteiger partial charge on any atom is -0.301 e. The van der Waals surface area contributed by atoms with Gasteiger partial charge in [0.15, 0.2) is 0 Å². The second kappa shape index (κ2) is 12.1. The molecule has 7 rings (SSSR count). The maximum absolute atomic E-state index is 2.51. The van der Waals surface area contributed by atoms with E-state index in [0.717, 1.165) is 0 Å². The van der Waals surface area contributed by atoms with E-state index in [1.54, 1.807) is 0 Å². The molecule has 0 N–H and O–H groups in total. The number of hydrogen-bond acceptors (Lipinski definition) is 2. The predicted molar refractivity (Wildman–Crippen MR) is 187 cm³/mol. The number of para-hydroxylation sites is 2. The van der Waals surface area contributed by atoms with Gasteiger partial charge in [-0.2, -0.15) is 0 Å². The lowest BCUT2D eigenvalue weighted by Gasteiger charge is -2.06. The molecule has 0 spiro atoms. The largest absolute Gasteiger partial charge is 0.301 e. The first-order chi connectivity index (χ1) is 20.8. The van der Waals surface area contributed by atoms with Crippen molar-refractivity contribution in [1.82, 2.24) is 9.13 Å². The third-order valence-electron chi connectivity index (χ3n) is 8.76. The summed E-state index contributed by atoms with van der Waals surface area (Å²) in [5.41, 5.74) is 5.18. The second-order valence-corrected chi connectivity index (χ2v) is 14.0. The molecule has 2 nitrogen and oxygen atoms in total. The Labute approximate surface area is 257 Å². The fraction of sp³-hybridized carbons (Fsp3) is 0.316. The molecule has 4 heterocycles. The lowest BCUT2D eigenvalue weighted by molar-refractivity contribution is 0.670. The summed E-state index contributed by atoms with van der Waals surface area (Å²) < 4.78 is 5.02. The Morgan fingerprint density at radius 1 is 0.452 bits per heavy atom. The van der Waals surface area contributed by atoms with Gasteiger partial charge in [-0.25, -0.2) is 0 Å². The molecule has 0 aliphatic heterocycles. The van der Waals surface area contributed by atoms with E-state index >= 15 is 0 Å². The highest BCUT2D eigenvalue weighted by Gasteiger charge is 2.19.